The van der Waals surface area contributed by atoms with E-state index >= 15 is 0 Å². The van der Waals surface area contributed by atoms with Gasteiger partial charge in [0.2, 0.25) is 11.8 Å². The molecule has 0 saturated heterocycles. The third kappa shape index (κ3) is 5.52. The molecule has 2 aromatic rings. The molecule has 0 aliphatic carbocycles. The molecular formula is C17H23N5O3. The van der Waals surface area contributed by atoms with Crippen molar-refractivity contribution in [2.45, 2.75) is 20.4 Å². The summed E-state index contributed by atoms with van der Waals surface area (Å²) in [6.45, 7) is 4.60. The van der Waals surface area contributed by atoms with Gasteiger partial charge in [-0.15, -0.1) is 0 Å². The Morgan fingerprint density at radius 1 is 1.24 bits per heavy atom. The van der Waals surface area contributed by atoms with Crippen LogP contribution in [0.15, 0.2) is 30.6 Å². The predicted molar refractivity (Wildman–Crippen MR) is 95.8 cm³/mol. The van der Waals surface area contributed by atoms with Gasteiger partial charge in [-0.1, -0.05) is 6.07 Å². The summed E-state index contributed by atoms with van der Waals surface area (Å²) >= 11 is 0. The number of nitrogens with one attached hydrogen (secondary N) is 3. The fraction of sp³-hybridized carbons (Fsp3) is 0.353. The van der Waals surface area contributed by atoms with E-state index in [1.807, 2.05) is 32.2 Å². The summed E-state index contributed by atoms with van der Waals surface area (Å²) in [5.74, 6) is -0.0356. The van der Waals surface area contributed by atoms with Gasteiger partial charge in [0.1, 0.15) is 5.75 Å². The van der Waals surface area contributed by atoms with Crippen molar-refractivity contribution in [2.75, 3.05) is 30.8 Å². The van der Waals surface area contributed by atoms with E-state index in [4.69, 9.17) is 4.74 Å². The van der Waals surface area contributed by atoms with Crippen molar-refractivity contribution in [1.29, 1.82) is 0 Å². The van der Waals surface area contributed by atoms with Gasteiger partial charge in [-0.25, -0.2) is 0 Å². The lowest BCUT2D eigenvalue weighted by molar-refractivity contribution is -0.122. The highest BCUT2D eigenvalue weighted by atomic mass is 16.5. The normalized spacial score (nSPS) is 10.2. The van der Waals surface area contributed by atoms with Crippen LogP contribution in [0.25, 0.3) is 0 Å². The summed E-state index contributed by atoms with van der Waals surface area (Å²) < 4.78 is 6.96. The van der Waals surface area contributed by atoms with E-state index in [-0.39, 0.29) is 24.9 Å². The zero-order valence-electron chi connectivity index (χ0n) is 14.6. The number of carbonyl (C=O) groups excluding carboxylic acids is 2. The zero-order valence-corrected chi connectivity index (χ0v) is 14.6. The van der Waals surface area contributed by atoms with Crippen molar-refractivity contribution >= 4 is 23.2 Å². The first-order valence-corrected chi connectivity index (χ1v) is 7.99. The average molecular weight is 345 g/mol. The molecule has 25 heavy (non-hydrogen) atoms. The van der Waals surface area contributed by atoms with Gasteiger partial charge in [-0.3, -0.25) is 14.3 Å². The maximum Gasteiger partial charge on any atom is 0.243 e. The molecule has 0 atom stereocenters. The standard InChI is InChI=1S/C17H23N5O3/c1-4-22-11-13(8-20-22)18-9-16(23)19-10-17(24)21-14-7-12(2)5-6-15(14)25-3/h5-8,11,18H,4,9-10H2,1-3H3,(H,19,23)(H,21,24). The molecule has 0 aliphatic rings. The Balaban J connectivity index is 1.77. The first kappa shape index (κ1) is 18.3. The van der Waals surface area contributed by atoms with Gasteiger partial charge in [0.15, 0.2) is 0 Å². The highest BCUT2D eigenvalue weighted by molar-refractivity contribution is 5.96. The van der Waals surface area contributed by atoms with Crippen molar-refractivity contribution < 1.29 is 14.3 Å². The smallest absolute Gasteiger partial charge is 0.243 e. The summed E-state index contributed by atoms with van der Waals surface area (Å²) in [5, 5.41) is 12.3. The van der Waals surface area contributed by atoms with Crippen LogP contribution in [0.2, 0.25) is 0 Å². The van der Waals surface area contributed by atoms with E-state index in [1.165, 1.54) is 7.11 Å². The van der Waals surface area contributed by atoms with Crippen LogP contribution in [-0.2, 0) is 16.1 Å². The van der Waals surface area contributed by atoms with Gasteiger partial charge >= 0.3 is 0 Å². The third-order valence-electron chi connectivity index (χ3n) is 3.49. The van der Waals surface area contributed by atoms with Gasteiger partial charge in [-0.2, -0.15) is 5.10 Å². The van der Waals surface area contributed by atoms with Crippen LogP contribution in [-0.4, -0.2) is 41.8 Å². The predicted octanol–water partition coefficient (Wildman–Crippen LogP) is 1.39. The zero-order chi connectivity index (χ0) is 18.2. The van der Waals surface area contributed by atoms with Crippen molar-refractivity contribution in [2.24, 2.45) is 0 Å². The van der Waals surface area contributed by atoms with Crippen LogP contribution in [0.4, 0.5) is 11.4 Å². The largest absolute Gasteiger partial charge is 0.495 e. The summed E-state index contributed by atoms with van der Waals surface area (Å²) in [5.41, 5.74) is 2.33. The number of hydrogen-bond donors (Lipinski definition) is 3. The number of rotatable bonds is 8. The van der Waals surface area contributed by atoms with Gasteiger partial charge in [0, 0.05) is 12.7 Å². The van der Waals surface area contributed by atoms with Crippen molar-refractivity contribution in [1.82, 2.24) is 15.1 Å². The Bertz CT molecular complexity index is 742. The van der Waals surface area contributed by atoms with E-state index in [0.717, 1.165) is 17.8 Å². The van der Waals surface area contributed by atoms with E-state index in [0.29, 0.717) is 11.4 Å². The summed E-state index contributed by atoms with van der Waals surface area (Å²) in [6.07, 6.45) is 3.46. The molecule has 0 saturated carbocycles. The molecule has 0 radical (unpaired) electrons. The average Bonchev–Trinajstić information content (AvgIpc) is 3.06. The minimum Gasteiger partial charge on any atom is -0.495 e. The van der Waals surface area contributed by atoms with Crippen molar-refractivity contribution in [3.05, 3.63) is 36.2 Å². The van der Waals surface area contributed by atoms with Crippen LogP contribution in [0.5, 0.6) is 5.75 Å². The molecule has 8 heteroatoms. The second-order valence-corrected chi connectivity index (χ2v) is 5.47. The van der Waals surface area contributed by atoms with Gasteiger partial charge in [0.25, 0.3) is 0 Å². The molecule has 3 N–H and O–H groups in total. The number of aromatic nitrogens is 2. The van der Waals surface area contributed by atoms with E-state index in [2.05, 4.69) is 21.0 Å². The third-order valence-corrected chi connectivity index (χ3v) is 3.49. The number of methoxy groups -OCH3 is 1. The molecule has 2 rings (SSSR count). The number of aryl methyl sites for hydroxylation is 2. The summed E-state index contributed by atoms with van der Waals surface area (Å²) in [7, 11) is 1.54. The second kappa shape index (κ2) is 8.72. The molecular weight excluding hydrogens is 322 g/mol. The maximum atomic E-state index is 12.0. The molecule has 0 bridgehead atoms. The number of nitrogens with zero attached hydrogens (tertiary/aromatic N) is 2. The molecule has 2 amide bonds. The van der Waals surface area contributed by atoms with E-state index < -0.39 is 0 Å². The van der Waals surface area contributed by atoms with Crippen LogP contribution >= 0.6 is 0 Å². The molecule has 1 aromatic heterocycles. The Hall–Kier alpha value is -3.03. The molecule has 1 heterocycles. The Morgan fingerprint density at radius 2 is 2.04 bits per heavy atom. The highest BCUT2D eigenvalue weighted by Gasteiger charge is 2.09. The molecule has 1 aromatic carbocycles. The lowest BCUT2D eigenvalue weighted by Gasteiger charge is -2.11. The highest BCUT2D eigenvalue weighted by Crippen LogP contribution is 2.24. The molecule has 8 nitrogen and oxygen atoms in total. The molecule has 0 aliphatic heterocycles. The molecule has 0 fully saturated rings. The van der Waals surface area contributed by atoms with Crippen LogP contribution in [0, 0.1) is 6.92 Å². The number of anilines is 2. The Morgan fingerprint density at radius 3 is 2.72 bits per heavy atom. The van der Waals surface area contributed by atoms with E-state index in [9.17, 15) is 9.59 Å². The fourth-order valence-corrected chi connectivity index (χ4v) is 2.17. The topological polar surface area (TPSA) is 97.3 Å². The Kier molecular flexibility index (Phi) is 6.39. The number of hydrogen-bond acceptors (Lipinski definition) is 5. The van der Waals surface area contributed by atoms with Crippen LogP contribution < -0.4 is 20.7 Å². The minimum atomic E-state index is -0.323. The summed E-state index contributed by atoms with van der Waals surface area (Å²) in [4.78, 5) is 23.8. The number of benzene rings is 1. The lowest BCUT2D eigenvalue weighted by atomic mass is 10.2. The molecule has 0 unspecified atom stereocenters. The summed E-state index contributed by atoms with van der Waals surface area (Å²) in [6, 6.07) is 5.48. The Labute approximate surface area is 146 Å². The number of carbonyl (C=O) groups is 2. The quantitative estimate of drug-likeness (QED) is 0.672. The lowest BCUT2D eigenvalue weighted by Crippen LogP contribution is -2.36. The minimum absolute atomic E-state index is 0.0659. The van der Waals surface area contributed by atoms with Gasteiger partial charge in [0.05, 0.1) is 37.8 Å². The monoisotopic (exact) mass is 345 g/mol. The SMILES string of the molecule is CCn1cc(NCC(=O)NCC(=O)Nc2cc(C)ccc2OC)cn1. The number of amides is 2. The first-order chi connectivity index (χ1) is 12.0. The second-order valence-electron chi connectivity index (χ2n) is 5.47. The van der Waals surface area contributed by atoms with Crippen LogP contribution in [0.1, 0.15) is 12.5 Å². The van der Waals surface area contributed by atoms with Gasteiger partial charge < -0.3 is 20.7 Å². The first-order valence-electron chi connectivity index (χ1n) is 7.99. The molecule has 0 spiro atoms. The van der Waals surface area contributed by atoms with E-state index in [1.54, 1.807) is 16.9 Å². The van der Waals surface area contributed by atoms with Crippen molar-refractivity contribution in [3.63, 3.8) is 0 Å². The van der Waals surface area contributed by atoms with Gasteiger partial charge in [-0.05, 0) is 31.5 Å². The van der Waals surface area contributed by atoms with Crippen LogP contribution in [0.3, 0.4) is 0 Å². The molecule has 134 valence electrons. The van der Waals surface area contributed by atoms with Crippen molar-refractivity contribution in [3.8, 4) is 5.75 Å². The fourth-order valence-electron chi connectivity index (χ4n) is 2.17. The number of ether oxygens (including phenoxy) is 1. The maximum absolute atomic E-state index is 12.0.